The number of ether oxygens (including phenoxy) is 2. The summed E-state index contributed by atoms with van der Waals surface area (Å²) in [5.74, 6) is 1.52. The van der Waals surface area contributed by atoms with Gasteiger partial charge in [0.15, 0.2) is 0 Å². The van der Waals surface area contributed by atoms with Gasteiger partial charge in [-0.25, -0.2) is 0 Å². The van der Waals surface area contributed by atoms with Gasteiger partial charge in [-0.15, -0.1) is 0 Å². The van der Waals surface area contributed by atoms with Crippen molar-refractivity contribution in [3.05, 3.63) is 145 Å². The van der Waals surface area contributed by atoms with E-state index in [-0.39, 0.29) is 0 Å². The van der Waals surface area contributed by atoms with E-state index in [0.717, 1.165) is 22.6 Å². The lowest BCUT2D eigenvalue weighted by atomic mass is 9.67. The number of para-hydroxylation sites is 2. The molecule has 0 aliphatic heterocycles. The van der Waals surface area contributed by atoms with E-state index in [0.29, 0.717) is 0 Å². The average Bonchev–Trinajstić information content (AvgIpc) is 3.12. The van der Waals surface area contributed by atoms with Crippen LogP contribution < -0.4 is 9.47 Å². The Kier molecular flexibility index (Phi) is 4.68. The average molecular weight is 402 g/mol. The summed E-state index contributed by atoms with van der Waals surface area (Å²) in [5, 5.41) is 0. The highest BCUT2D eigenvalue weighted by atomic mass is 16.5. The van der Waals surface area contributed by atoms with Gasteiger partial charge in [0.05, 0.1) is 17.9 Å². The molecule has 0 radical (unpaired) electrons. The summed E-state index contributed by atoms with van der Waals surface area (Å²) < 4.78 is 11.9. The zero-order valence-corrected chi connectivity index (χ0v) is 17.1. The molecule has 0 N–H and O–H groups in total. The molecule has 4 aromatic carbocycles. The van der Waals surface area contributed by atoms with Gasteiger partial charge >= 0.3 is 0 Å². The quantitative estimate of drug-likeness (QED) is 0.282. The summed E-state index contributed by atoms with van der Waals surface area (Å²) >= 11 is 0. The van der Waals surface area contributed by atoms with Crippen molar-refractivity contribution in [2.24, 2.45) is 0 Å². The largest absolute Gasteiger partial charge is 0.465 e. The third-order valence-corrected chi connectivity index (χ3v) is 5.96. The lowest BCUT2D eigenvalue weighted by Gasteiger charge is -2.35. The summed E-state index contributed by atoms with van der Waals surface area (Å²) in [6.07, 6.45) is 2.96. The van der Waals surface area contributed by atoms with Gasteiger partial charge in [0.2, 0.25) is 0 Å². The van der Waals surface area contributed by atoms with E-state index in [9.17, 15) is 0 Å². The lowest BCUT2D eigenvalue weighted by Crippen LogP contribution is -2.29. The number of rotatable bonds is 6. The molecule has 0 saturated carbocycles. The fourth-order valence-corrected chi connectivity index (χ4v) is 4.90. The van der Waals surface area contributed by atoms with Gasteiger partial charge in [0.1, 0.15) is 11.5 Å². The molecule has 0 atom stereocenters. The van der Waals surface area contributed by atoms with Crippen LogP contribution in [0.4, 0.5) is 0 Å². The van der Waals surface area contributed by atoms with Gasteiger partial charge in [0.25, 0.3) is 0 Å². The Morgan fingerprint density at radius 2 is 0.839 bits per heavy atom. The van der Waals surface area contributed by atoms with Crippen molar-refractivity contribution in [2.45, 2.75) is 5.41 Å². The molecule has 150 valence electrons. The highest BCUT2D eigenvalue weighted by Gasteiger charge is 2.48. The second kappa shape index (κ2) is 7.66. The highest BCUT2D eigenvalue weighted by Crippen LogP contribution is 2.59. The Labute approximate surface area is 182 Å². The first-order valence-corrected chi connectivity index (χ1v) is 10.3. The second-order valence-corrected chi connectivity index (χ2v) is 7.40. The fraction of sp³-hybridized carbons (Fsp3) is 0.0345. The Balaban J connectivity index is 1.99. The van der Waals surface area contributed by atoms with Crippen LogP contribution in [0.25, 0.3) is 11.1 Å². The molecule has 0 saturated heterocycles. The molecule has 0 bridgehead atoms. The molecular weight excluding hydrogens is 380 g/mol. The third-order valence-electron chi connectivity index (χ3n) is 5.96. The molecule has 2 nitrogen and oxygen atoms in total. The molecule has 0 amide bonds. The maximum Gasteiger partial charge on any atom is 0.131 e. The Bertz CT molecular complexity index is 1180. The minimum absolute atomic E-state index is 0.619. The Hall–Kier alpha value is -4.04. The predicted molar refractivity (Wildman–Crippen MR) is 125 cm³/mol. The van der Waals surface area contributed by atoms with E-state index in [4.69, 9.17) is 9.47 Å². The maximum atomic E-state index is 5.93. The van der Waals surface area contributed by atoms with Gasteiger partial charge in [-0.3, -0.25) is 0 Å². The van der Waals surface area contributed by atoms with Crippen molar-refractivity contribution in [1.82, 2.24) is 0 Å². The summed E-state index contributed by atoms with van der Waals surface area (Å²) in [6, 6.07) is 33.4. The smallest absolute Gasteiger partial charge is 0.131 e. The predicted octanol–water partition coefficient (Wildman–Crippen LogP) is 7.09. The van der Waals surface area contributed by atoms with Crippen LogP contribution >= 0.6 is 0 Å². The Morgan fingerprint density at radius 3 is 1.26 bits per heavy atom. The van der Waals surface area contributed by atoms with Crippen LogP contribution in [0.5, 0.6) is 11.5 Å². The van der Waals surface area contributed by atoms with Crippen LogP contribution in [0.15, 0.2) is 123 Å². The van der Waals surface area contributed by atoms with E-state index in [1.165, 1.54) is 34.8 Å². The third kappa shape index (κ3) is 2.72. The SMILES string of the molecule is C=COc1ccccc1C1(c2ccccc2OC=C)c2ccccc2-c2ccccc21. The molecular formula is C29H22O2. The Morgan fingerprint density at radius 1 is 0.484 bits per heavy atom. The van der Waals surface area contributed by atoms with Crippen LogP contribution in [-0.2, 0) is 5.41 Å². The molecule has 5 rings (SSSR count). The standard InChI is InChI=1S/C29H22O2/c1-3-30-27-19-11-9-17-25(27)29(26-18-10-12-20-28(26)31-4-2)23-15-7-5-13-21(23)22-14-6-8-16-24(22)29/h3-20H,1-2H2. The van der Waals surface area contributed by atoms with Gasteiger partial charge in [-0.1, -0.05) is 98.1 Å². The summed E-state index contributed by atoms with van der Waals surface area (Å²) in [4.78, 5) is 0. The van der Waals surface area contributed by atoms with Crippen LogP contribution in [0, 0.1) is 0 Å². The maximum absolute atomic E-state index is 5.93. The molecule has 0 spiro atoms. The van der Waals surface area contributed by atoms with Gasteiger partial charge in [0, 0.05) is 11.1 Å². The molecule has 2 heteroatoms. The van der Waals surface area contributed by atoms with Crippen molar-refractivity contribution < 1.29 is 9.47 Å². The summed E-state index contributed by atoms with van der Waals surface area (Å²) in [7, 11) is 0. The monoisotopic (exact) mass is 402 g/mol. The molecule has 0 unspecified atom stereocenters. The molecule has 0 fully saturated rings. The van der Waals surface area contributed by atoms with Crippen molar-refractivity contribution in [2.75, 3.05) is 0 Å². The molecule has 4 aromatic rings. The van der Waals surface area contributed by atoms with Crippen molar-refractivity contribution in [3.63, 3.8) is 0 Å². The van der Waals surface area contributed by atoms with E-state index < -0.39 is 5.41 Å². The molecule has 31 heavy (non-hydrogen) atoms. The first-order valence-electron chi connectivity index (χ1n) is 10.3. The first kappa shape index (κ1) is 19.0. The van der Waals surface area contributed by atoms with Gasteiger partial charge < -0.3 is 9.47 Å². The van der Waals surface area contributed by atoms with Crippen LogP contribution in [0.2, 0.25) is 0 Å². The van der Waals surface area contributed by atoms with E-state index in [2.05, 4.69) is 73.8 Å². The number of benzene rings is 4. The normalized spacial score (nSPS) is 13.0. The second-order valence-electron chi connectivity index (χ2n) is 7.40. The zero-order chi connectivity index (χ0) is 21.3. The minimum Gasteiger partial charge on any atom is -0.465 e. The number of hydrogen-bond donors (Lipinski definition) is 0. The molecule has 0 aromatic heterocycles. The van der Waals surface area contributed by atoms with Crippen LogP contribution in [0.1, 0.15) is 22.3 Å². The van der Waals surface area contributed by atoms with Crippen molar-refractivity contribution in [1.29, 1.82) is 0 Å². The lowest BCUT2D eigenvalue weighted by molar-refractivity contribution is 0.458. The van der Waals surface area contributed by atoms with Gasteiger partial charge in [-0.05, 0) is 34.4 Å². The summed E-state index contributed by atoms with van der Waals surface area (Å²) in [5.41, 5.74) is 6.25. The zero-order valence-electron chi connectivity index (χ0n) is 17.1. The van der Waals surface area contributed by atoms with Crippen molar-refractivity contribution in [3.8, 4) is 22.6 Å². The topological polar surface area (TPSA) is 18.5 Å². The van der Waals surface area contributed by atoms with Crippen molar-refractivity contribution >= 4 is 0 Å². The minimum atomic E-state index is -0.619. The van der Waals surface area contributed by atoms with Crippen LogP contribution in [-0.4, -0.2) is 0 Å². The molecule has 1 aliphatic rings. The summed E-state index contributed by atoms with van der Waals surface area (Å²) in [6.45, 7) is 7.59. The van der Waals surface area contributed by atoms with E-state index in [1.54, 1.807) is 0 Å². The fourth-order valence-electron chi connectivity index (χ4n) is 4.90. The number of hydrogen-bond acceptors (Lipinski definition) is 2. The van der Waals surface area contributed by atoms with Gasteiger partial charge in [-0.2, -0.15) is 0 Å². The first-order chi connectivity index (χ1) is 15.3. The highest BCUT2D eigenvalue weighted by molar-refractivity contribution is 5.87. The van der Waals surface area contributed by atoms with E-state index >= 15 is 0 Å². The van der Waals surface area contributed by atoms with Crippen LogP contribution in [0.3, 0.4) is 0 Å². The number of fused-ring (bicyclic) bond motifs is 3. The molecule has 1 aliphatic carbocycles. The van der Waals surface area contributed by atoms with E-state index in [1.807, 2.05) is 36.4 Å². The molecule has 0 heterocycles.